The number of ether oxygens (including phenoxy) is 1. The van der Waals surface area contributed by atoms with Crippen molar-refractivity contribution in [2.45, 2.75) is 51.0 Å². The normalized spacial score (nSPS) is 24.5. The number of hydrogen-bond acceptors (Lipinski definition) is 3. The quantitative estimate of drug-likeness (QED) is 0.835. The lowest BCUT2D eigenvalue weighted by molar-refractivity contribution is 0.269. The summed E-state index contributed by atoms with van der Waals surface area (Å²) in [6, 6.07) is 7.80. The van der Waals surface area contributed by atoms with Crippen LogP contribution in [0, 0.1) is 0 Å². The van der Waals surface area contributed by atoms with E-state index in [4.69, 9.17) is 4.74 Å². The van der Waals surface area contributed by atoms with Gasteiger partial charge >= 0.3 is 0 Å². The molecule has 0 aliphatic carbocycles. The molecule has 1 aromatic rings. The smallest absolute Gasteiger partial charge is 0.282 e. The second-order valence-electron chi connectivity index (χ2n) is 6.72. The minimum absolute atomic E-state index is 0.0645. The zero-order valence-electron chi connectivity index (χ0n) is 14.5. The fraction of sp³-hybridized carbons (Fsp3) is 0.667. The first-order valence-corrected chi connectivity index (χ1v) is 10.4. The van der Waals surface area contributed by atoms with Gasteiger partial charge in [-0.05, 0) is 43.4 Å². The highest BCUT2D eigenvalue weighted by atomic mass is 32.2. The van der Waals surface area contributed by atoms with E-state index in [2.05, 4.69) is 0 Å². The molecular weight excluding hydrogens is 324 g/mol. The van der Waals surface area contributed by atoms with E-state index in [9.17, 15) is 8.42 Å². The molecule has 2 aliphatic heterocycles. The van der Waals surface area contributed by atoms with Crippen LogP contribution in [0.15, 0.2) is 24.3 Å². The molecule has 24 heavy (non-hydrogen) atoms. The molecular formula is C18H28N2O3S. The predicted molar refractivity (Wildman–Crippen MR) is 95.3 cm³/mol. The lowest BCUT2D eigenvalue weighted by Crippen LogP contribution is -2.47. The van der Waals surface area contributed by atoms with Gasteiger partial charge in [0.05, 0.1) is 13.2 Å². The molecule has 2 aliphatic rings. The molecule has 0 N–H and O–H groups in total. The monoisotopic (exact) mass is 352 g/mol. The van der Waals surface area contributed by atoms with Crippen LogP contribution < -0.4 is 4.74 Å². The molecule has 134 valence electrons. The fourth-order valence-corrected chi connectivity index (χ4v) is 5.69. The second kappa shape index (κ2) is 7.85. The standard InChI is InChI=1S/C18H28N2O3S/c1-23-17-11-9-16(10-12-17)18-8-4-2-7-15-20(18)24(21,22)19-13-5-3-6-14-19/h9-12,18H,2-8,13-15H2,1H3. The van der Waals surface area contributed by atoms with Crippen molar-refractivity contribution >= 4 is 10.2 Å². The van der Waals surface area contributed by atoms with Crippen molar-refractivity contribution < 1.29 is 13.2 Å². The molecule has 0 amide bonds. The SMILES string of the molecule is COc1ccc(C2CCCCCN2S(=O)(=O)N2CCCCC2)cc1. The third-order valence-corrected chi connectivity index (χ3v) is 7.19. The predicted octanol–water partition coefficient (Wildman–Crippen LogP) is 3.34. The number of rotatable bonds is 4. The van der Waals surface area contributed by atoms with Gasteiger partial charge < -0.3 is 4.74 Å². The van der Waals surface area contributed by atoms with Gasteiger partial charge in [0.15, 0.2) is 0 Å². The first-order chi connectivity index (χ1) is 11.6. The van der Waals surface area contributed by atoms with Crippen molar-refractivity contribution in [1.82, 2.24) is 8.61 Å². The van der Waals surface area contributed by atoms with E-state index >= 15 is 0 Å². The fourth-order valence-electron chi connectivity index (χ4n) is 3.76. The maximum absolute atomic E-state index is 13.2. The van der Waals surface area contributed by atoms with Crippen molar-refractivity contribution in [2.24, 2.45) is 0 Å². The zero-order chi connectivity index (χ0) is 17.0. The van der Waals surface area contributed by atoms with E-state index in [0.717, 1.165) is 56.3 Å². The van der Waals surface area contributed by atoms with Gasteiger partial charge in [0, 0.05) is 19.6 Å². The maximum atomic E-state index is 13.2. The van der Waals surface area contributed by atoms with E-state index in [-0.39, 0.29) is 6.04 Å². The van der Waals surface area contributed by atoms with Gasteiger partial charge in [0.1, 0.15) is 5.75 Å². The molecule has 1 aromatic carbocycles. The lowest BCUT2D eigenvalue weighted by Gasteiger charge is -2.36. The molecule has 3 rings (SSSR count). The molecule has 2 fully saturated rings. The van der Waals surface area contributed by atoms with Gasteiger partial charge in [0.2, 0.25) is 0 Å². The zero-order valence-corrected chi connectivity index (χ0v) is 15.3. The molecule has 5 nitrogen and oxygen atoms in total. The van der Waals surface area contributed by atoms with Crippen molar-refractivity contribution in [3.63, 3.8) is 0 Å². The summed E-state index contributed by atoms with van der Waals surface area (Å²) in [5.74, 6) is 0.804. The summed E-state index contributed by atoms with van der Waals surface area (Å²) >= 11 is 0. The maximum Gasteiger partial charge on any atom is 0.282 e. The summed E-state index contributed by atoms with van der Waals surface area (Å²) in [5.41, 5.74) is 1.07. The van der Waals surface area contributed by atoms with E-state index in [1.807, 2.05) is 24.3 Å². The highest BCUT2D eigenvalue weighted by Crippen LogP contribution is 2.34. The molecule has 0 aromatic heterocycles. The van der Waals surface area contributed by atoms with E-state index in [1.165, 1.54) is 0 Å². The van der Waals surface area contributed by atoms with Crippen LogP contribution in [0.2, 0.25) is 0 Å². The molecule has 6 heteroatoms. The minimum Gasteiger partial charge on any atom is -0.497 e. The molecule has 1 unspecified atom stereocenters. The Bertz CT molecular complexity index is 624. The topological polar surface area (TPSA) is 49.9 Å². The van der Waals surface area contributed by atoms with Crippen LogP contribution >= 0.6 is 0 Å². The Morgan fingerprint density at radius 1 is 0.917 bits per heavy atom. The average molecular weight is 353 g/mol. The Labute approximate surface area is 145 Å². The number of methoxy groups -OCH3 is 1. The lowest BCUT2D eigenvalue weighted by atomic mass is 10.0. The number of nitrogens with zero attached hydrogens (tertiary/aromatic N) is 2. The minimum atomic E-state index is -3.39. The van der Waals surface area contributed by atoms with Crippen LogP contribution in [-0.4, -0.2) is 43.8 Å². The van der Waals surface area contributed by atoms with Crippen LogP contribution in [0.1, 0.15) is 56.6 Å². The number of benzene rings is 1. The third-order valence-electron chi connectivity index (χ3n) is 5.14. The molecule has 0 spiro atoms. The van der Waals surface area contributed by atoms with Crippen LogP contribution in [0.3, 0.4) is 0 Å². The first kappa shape index (κ1) is 17.7. The second-order valence-corrected chi connectivity index (χ2v) is 8.60. The highest BCUT2D eigenvalue weighted by Gasteiger charge is 2.36. The van der Waals surface area contributed by atoms with Crippen molar-refractivity contribution in [3.8, 4) is 5.75 Å². The third kappa shape index (κ3) is 3.76. The Morgan fingerprint density at radius 2 is 1.54 bits per heavy atom. The summed E-state index contributed by atoms with van der Waals surface area (Å²) in [4.78, 5) is 0. The van der Waals surface area contributed by atoms with E-state index in [1.54, 1.807) is 15.7 Å². The van der Waals surface area contributed by atoms with Crippen LogP contribution in [0.5, 0.6) is 5.75 Å². The average Bonchev–Trinajstić information content (AvgIpc) is 2.89. The molecule has 2 saturated heterocycles. The summed E-state index contributed by atoms with van der Waals surface area (Å²) in [6.45, 7) is 1.94. The van der Waals surface area contributed by atoms with Gasteiger partial charge in [-0.3, -0.25) is 0 Å². The van der Waals surface area contributed by atoms with Crippen molar-refractivity contribution in [3.05, 3.63) is 29.8 Å². The summed E-state index contributed by atoms with van der Waals surface area (Å²) in [6.07, 6.45) is 7.08. The largest absolute Gasteiger partial charge is 0.497 e. The number of hydrogen-bond donors (Lipinski definition) is 0. The van der Waals surface area contributed by atoms with E-state index < -0.39 is 10.2 Å². The van der Waals surface area contributed by atoms with Crippen molar-refractivity contribution in [2.75, 3.05) is 26.7 Å². The molecule has 0 bridgehead atoms. The molecule has 2 heterocycles. The Kier molecular flexibility index (Phi) is 5.79. The van der Waals surface area contributed by atoms with Crippen LogP contribution in [0.4, 0.5) is 0 Å². The summed E-state index contributed by atoms with van der Waals surface area (Å²) in [7, 11) is -1.74. The van der Waals surface area contributed by atoms with Gasteiger partial charge in [-0.2, -0.15) is 17.0 Å². The summed E-state index contributed by atoms with van der Waals surface area (Å²) < 4.78 is 35.1. The van der Waals surface area contributed by atoms with Crippen molar-refractivity contribution in [1.29, 1.82) is 0 Å². The molecule has 0 radical (unpaired) electrons. The van der Waals surface area contributed by atoms with Crippen LogP contribution in [0.25, 0.3) is 0 Å². The van der Waals surface area contributed by atoms with Crippen LogP contribution in [-0.2, 0) is 10.2 Å². The first-order valence-electron chi connectivity index (χ1n) is 9.04. The Hall–Kier alpha value is -1.11. The van der Waals surface area contributed by atoms with Gasteiger partial charge in [0.25, 0.3) is 10.2 Å². The van der Waals surface area contributed by atoms with E-state index in [0.29, 0.717) is 19.6 Å². The highest BCUT2D eigenvalue weighted by molar-refractivity contribution is 7.86. The molecule has 1 atom stereocenters. The number of piperidine rings is 1. The van der Waals surface area contributed by atoms with Gasteiger partial charge in [-0.15, -0.1) is 0 Å². The van der Waals surface area contributed by atoms with Gasteiger partial charge in [-0.25, -0.2) is 0 Å². The molecule has 0 saturated carbocycles. The summed E-state index contributed by atoms with van der Waals surface area (Å²) in [5, 5.41) is 0. The van der Waals surface area contributed by atoms with Gasteiger partial charge in [-0.1, -0.05) is 31.4 Å². The Balaban J connectivity index is 1.88. The Morgan fingerprint density at radius 3 is 2.21 bits per heavy atom.